The third kappa shape index (κ3) is 4.93. The number of rotatable bonds is 6. The first-order chi connectivity index (χ1) is 13.7. The van der Waals surface area contributed by atoms with E-state index in [4.69, 9.17) is 4.74 Å². The summed E-state index contributed by atoms with van der Waals surface area (Å²) in [5, 5.41) is 6.72. The van der Waals surface area contributed by atoms with Crippen LogP contribution in [-0.4, -0.2) is 42.3 Å². The van der Waals surface area contributed by atoms with Crippen molar-refractivity contribution >= 4 is 23.1 Å². The average molecular weight is 382 g/mol. The second kappa shape index (κ2) is 8.78. The van der Waals surface area contributed by atoms with Crippen LogP contribution in [0.25, 0.3) is 0 Å². The first-order valence-electron chi connectivity index (χ1n) is 10.5. The summed E-state index contributed by atoms with van der Waals surface area (Å²) in [6.45, 7) is 8.26. The van der Waals surface area contributed by atoms with Gasteiger partial charge < -0.3 is 20.3 Å². The Morgan fingerprint density at radius 1 is 1.11 bits per heavy atom. The Kier molecular flexibility index (Phi) is 5.95. The van der Waals surface area contributed by atoms with Gasteiger partial charge >= 0.3 is 0 Å². The number of aryl methyl sites for hydroxylation is 1. The first kappa shape index (κ1) is 19.0. The van der Waals surface area contributed by atoms with E-state index in [9.17, 15) is 0 Å². The molecule has 4 rings (SSSR count). The monoisotopic (exact) mass is 381 g/mol. The molecular formula is C22H31N5O. The van der Waals surface area contributed by atoms with Gasteiger partial charge in [0.25, 0.3) is 0 Å². The molecule has 0 bridgehead atoms. The molecule has 1 unspecified atom stereocenters. The molecule has 1 atom stereocenters. The maximum Gasteiger partial charge on any atom is 0.224 e. The van der Waals surface area contributed by atoms with Crippen molar-refractivity contribution in [2.75, 3.05) is 41.8 Å². The van der Waals surface area contributed by atoms with Gasteiger partial charge in [-0.25, -0.2) is 4.98 Å². The highest BCUT2D eigenvalue weighted by molar-refractivity contribution is 5.61. The number of ether oxygens (including phenoxy) is 1. The van der Waals surface area contributed by atoms with Crippen molar-refractivity contribution in [2.45, 2.75) is 45.6 Å². The average Bonchev–Trinajstić information content (AvgIpc) is 3.21. The second-order valence-corrected chi connectivity index (χ2v) is 8.08. The minimum absolute atomic E-state index is 0.269. The number of anilines is 4. The Morgan fingerprint density at radius 2 is 1.89 bits per heavy atom. The quantitative estimate of drug-likeness (QED) is 0.775. The second-order valence-electron chi connectivity index (χ2n) is 8.08. The number of benzene rings is 1. The van der Waals surface area contributed by atoms with E-state index in [1.807, 2.05) is 13.0 Å². The van der Waals surface area contributed by atoms with E-state index in [2.05, 4.69) is 56.7 Å². The predicted octanol–water partition coefficient (Wildman–Crippen LogP) is 4.36. The van der Waals surface area contributed by atoms with E-state index < -0.39 is 0 Å². The molecule has 2 N–H and O–H groups in total. The van der Waals surface area contributed by atoms with Gasteiger partial charge in [0.2, 0.25) is 5.95 Å². The van der Waals surface area contributed by atoms with Gasteiger partial charge in [-0.1, -0.05) is 6.92 Å². The van der Waals surface area contributed by atoms with E-state index in [0.717, 1.165) is 62.2 Å². The molecule has 6 nitrogen and oxygen atoms in total. The summed E-state index contributed by atoms with van der Waals surface area (Å²) < 4.78 is 5.66. The Hall–Kier alpha value is -2.34. The van der Waals surface area contributed by atoms with Crippen LogP contribution in [-0.2, 0) is 4.74 Å². The predicted molar refractivity (Wildman–Crippen MR) is 115 cm³/mol. The summed E-state index contributed by atoms with van der Waals surface area (Å²) in [5.74, 6) is 2.31. The molecule has 2 saturated heterocycles. The maximum absolute atomic E-state index is 5.66. The molecule has 3 heterocycles. The number of aromatic nitrogens is 2. The lowest BCUT2D eigenvalue weighted by Gasteiger charge is -2.32. The van der Waals surface area contributed by atoms with Gasteiger partial charge in [-0.05, 0) is 62.8 Å². The molecule has 1 aromatic heterocycles. The number of nitrogens with zero attached hydrogens (tertiary/aromatic N) is 3. The van der Waals surface area contributed by atoms with Crippen LogP contribution in [0.1, 0.15) is 38.3 Å². The SMILES string of the molecule is Cc1cc(Nc2ccc(N3CCC(C)CC3)cc2)nc(NCC2CCCO2)n1. The summed E-state index contributed by atoms with van der Waals surface area (Å²) in [6.07, 6.45) is 5.07. The zero-order valence-electron chi connectivity index (χ0n) is 16.9. The van der Waals surface area contributed by atoms with E-state index in [1.54, 1.807) is 0 Å². The number of piperidine rings is 1. The van der Waals surface area contributed by atoms with Crippen LogP contribution in [0, 0.1) is 12.8 Å². The van der Waals surface area contributed by atoms with Crippen molar-refractivity contribution in [2.24, 2.45) is 5.92 Å². The van der Waals surface area contributed by atoms with Gasteiger partial charge in [-0.15, -0.1) is 0 Å². The van der Waals surface area contributed by atoms with Crippen LogP contribution in [0.5, 0.6) is 0 Å². The topological polar surface area (TPSA) is 62.3 Å². The molecule has 0 saturated carbocycles. The summed E-state index contributed by atoms with van der Waals surface area (Å²) in [6, 6.07) is 10.6. The molecule has 6 heteroatoms. The van der Waals surface area contributed by atoms with Crippen molar-refractivity contribution in [3.63, 3.8) is 0 Å². The van der Waals surface area contributed by atoms with Crippen molar-refractivity contribution in [3.8, 4) is 0 Å². The minimum atomic E-state index is 0.269. The molecule has 2 aromatic rings. The van der Waals surface area contributed by atoms with Crippen molar-refractivity contribution in [1.29, 1.82) is 0 Å². The third-order valence-corrected chi connectivity index (χ3v) is 5.65. The number of nitrogens with one attached hydrogen (secondary N) is 2. The normalized spacial score (nSPS) is 20.4. The molecule has 0 amide bonds. The van der Waals surface area contributed by atoms with Gasteiger partial charge in [0.1, 0.15) is 5.82 Å². The Bertz CT molecular complexity index is 765. The van der Waals surface area contributed by atoms with Gasteiger partial charge in [0.15, 0.2) is 0 Å². The van der Waals surface area contributed by atoms with Gasteiger partial charge in [0, 0.05) is 49.4 Å². The standard InChI is InChI=1S/C22H31N5O/c1-16-9-11-27(12-10-16)19-7-5-18(6-8-19)25-21-14-17(2)24-22(26-21)23-15-20-4-3-13-28-20/h5-8,14,16,20H,3-4,9-13,15H2,1-2H3,(H2,23,24,25,26). The van der Waals surface area contributed by atoms with Crippen LogP contribution >= 0.6 is 0 Å². The lowest BCUT2D eigenvalue weighted by molar-refractivity contribution is 0.120. The summed E-state index contributed by atoms with van der Waals surface area (Å²) in [4.78, 5) is 11.6. The van der Waals surface area contributed by atoms with E-state index in [0.29, 0.717) is 5.95 Å². The number of hydrogen-bond donors (Lipinski definition) is 2. The lowest BCUT2D eigenvalue weighted by Crippen LogP contribution is -2.32. The Balaban J connectivity index is 1.37. The summed E-state index contributed by atoms with van der Waals surface area (Å²) in [5.41, 5.74) is 3.28. The maximum atomic E-state index is 5.66. The lowest BCUT2D eigenvalue weighted by atomic mass is 9.99. The molecule has 2 fully saturated rings. The summed E-state index contributed by atoms with van der Waals surface area (Å²) >= 11 is 0. The molecule has 28 heavy (non-hydrogen) atoms. The minimum Gasteiger partial charge on any atom is -0.376 e. The fourth-order valence-electron chi connectivity index (χ4n) is 3.89. The smallest absolute Gasteiger partial charge is 0.224 e. The third-order valence-electron chi connectivity index (χ3n) is 5.65. The van der Waals surface area contributed by atoms with Crippen LogP contribution in [0.4, 0.5) is 23.1 Å². The zero-order valence-corrected chi connectivity index (χ0v) is 16.9. The molecule has 0 spiro atoms. The molecule has 2 aliphatic rings. The van der Waals surface area contributed by atoms with Crippen LogP contribution in [0.2, 0.25) is 0 Å². The van der Waals surface area contributed by atoms with E-state index >= 15 is 0 Å². The number of hydrogen-bond acceptors (Lipinski definition) is 6. The van der Waals surface area contributed by atoms with Gasteiger partial charge in [0.05, 0.1) is 6.10 Å². The first-order valence-corrected chi connectivity index (χ1v) is 10.5. The molecule has 0 aliphatic carbocycles. The van der Waals surface area contributed by atoms with Crippen LogP contribution in [0.15, 0.2) is 30.3 Å². The van der Waals surface area contributed by atoms with E-state index in [-0.39, 0.29) is 6.10 Å². The highest BCUT2D eigenvalue weighted by Gasteiger charge is 2.17. The molecule has 1 aromatic carbocycles. The Morgan fingerprint density at radius 3 is 2.61 bits per heavy atom. The molecular weight excluding hydrogens is 350 g/mol. The van der Waals surface area contributed by atoms with Gasteiger partial charge in [-0.2, -0.15) is 4.98 Å². The highest BCUT2D eigenvalue weighted by atomic mass is 16.5. The van der Waals surface area contributed by atoms with Crippen LogP contribution < -0.4 is 15.5 Å². The molecule has 2 aliphatic heterocycles. The van der Waals surface area contributed by atoms with Crippen LogP contribution in [0.3, 0.4) is 0 Å². The zero-order chi connectivity index (χ0) is 19.3. The van der Waals surface area contributed by atoms with Crippen molar-refractivity contribution in [1.82, 2.24) is 9.97 Å². The molecule has 150 valence electrons. The molecule has 0 radical (unpaired) electrons. The largest absolute Gasteiger partial charge is 0.376 e. The van der Waals surface area contributed by atoms with E-state index in [1.165, 1.54) is 18.5 Å². The van der Waals surface area contributed by atoms with Crippen molar-refractivity contribution in [3.05, 3.63) is 36.0 Å². The van der Waals surface area contributed by atoms with Crippen molar-refractivity contribution < 1.29 is 4.74 Å². The fraction of sp³-hybridized carbons (Fsp3) is 0.545. The highest BCUT2D eigenvalue weighted by Crippen LogP contribution is 2.25. The van der Waals surface area contributed by atoms with Gasteiger partial charge in [-0.3, -0.25) is 0 Å². The fourth-order valence-corrected chi connectivity index (χ4v) is 3.89. The summed E-state index contributed by atoms with van der Waals surface area (Å²) in [7, 11) is 0. The Labute approximate surface area is 167 Å².